The van der Waals surface area contributed by atoms with Crippen molar-refractivity contribution in [1.29, 1.82) is 0 Å². The SMILES string of the molecule is NC1(C(=O)NC2CCCCCC2)Cn2c(cc3sccc32)C(=O)N1Cc1ccc(O)cc1. The van der Waals surface area contributed by atoms with Gasteiger partial charge >= 0.3 is 0 Å². The summed E-state index contributed by atoms with van der Waals surface area (Å²) in [6.07, 6.45) is 6.45. The van der Waals surface area contributed by atoms with Gasteiger partial charge in [-0.15, -0.1) is 11.3 Å². The Kier molecular flexibility index (Phi) is 5.43. The number of nitrogens with zero attached hydrogens (tertiary/aromatic N) is 2. The van der Waals surface area contributed by atoms with Crippen LogP contribution in [0.3, 0.4) is 0 Å². The van der Waals surface area contributed by atoms with Crippen LogP contribution in [0.4, 0.5) is 0 Å². The molecule has 3 aromatic rings. The summed E-state index contributed by atoms with van der Waals surface area (Å²) in [4.78, 5) is 28.7. The Hall–Kier alpha value is -2.84. The van der Waals surface area contributed by atoms with E-state index in [0.717, 1.165) is 41.5 Å². The Morgan fingerprint density at radius 3 is 2.59 bits per heavy atom. The molecule has 7 nitrogen and oxygen atoms in total. The van der Waals surface area contributed by atoms with Gasteiger partial charge in [-0.05, 0) is 48.1 Å². The smallest absolute Gasteiger partial charge is 0.272 e. The van der Waals surface area contributed by atoms with Crippen LogP contribution in [0.2, 0.25) is 0 Å². The van der Waals surface area contributed by atoms with E-state index in [1.165, 1.54) is 17.7 Å². The van der Waals surface area contributed by atoms with Gasteiger partial charge in [0.15, 0.2) is 5.66 Å². The van der Waals surface area contributed by atoms with Crippen molar-refractivity contribution < 1.29 is 14.7 Å². The van der Waals surface area contributed by atoms with Gasteiger partial charge in [-0.25, -0.2) is 0 Å². The molecule has 32 heavy (non-hydrogen) atoms. The summed E-state index contributed by atoms with van der Waals surface area (Å²) in [7, 11) is 0. The van der Waals surface area contributed by atoms with Crippen molar-refractivity contribution in [2.75, 3.05) is 0 Å². The van der Waals surface area contributed by atoms with Gasteiger partial charge in [-0.1, -0.05) is 37.8 Å². The Labute approximate surface area is 190 Å². The molecule has 0 spiro atoms. The molecular weight excluding hydrogens is 424 g/mol. The van der Waals surface area contributed by atoms with E-state index in [2.05, 4.69) is 5.32 Å². The molecule has 1 fully saturated rings. The number of nitrogens with one attached hydrogen (secondary N) is 1. The van der Waals surface area contributed by atoms with Gasteiger partial charge in [0.25, 0.3) is 11.8 Å². The minimum atomic E-state index is -1.51. The number of aromatic hydroxyl groups is 1. The first kappa shape index (κ1) is 21.0. The molecule has 1 aliphatic heterocycles. The molecule has 1 aromatic carbocycles. The molecule has 168 valence electrons. The summed E-state index contributed by atoms with van der Waals surface area (Å²) in [6.45, 7) is 0.386. The fraction of sp³-hybridized carbons (Fsp3) is 0.417. The lowest BCUT2D eigenvalue weighted by Gasteiger charge is -2.44. The predicted octanol–water partition coefficient (Wildman–Crippen LogP) is 3.56. The molecule has 1 unspecified atom stereocenters. The van der Waals surface area contributed by atoms with Crippen molar-refractivity contribution in [3.05, 3.63) is 53.0 Å². The number of carbonyl (C=O) groups excluding carboxylic acids is 2. The van der Waals surface area contributed by atoms with E-state index < -0.39 is 5.66 Å². The van der Waals surface area contributed by atoms with Crippen molar-refractivity contribution in [2.45, 2.75) is 63.3 Å². The van der Waals surface area contributed by atoms with Crippen LogP contribution < -0.4 is 11.1 Å². The number of aromatic nitrogens is 1. The zero-order chi connectivity index (χ0) is 22.3. The Morgan fingerprint density at radius 1 is 1.16 bits per heavy atom. The molecule has 1 atom stereocenters. The minimum Gasteiger partial charge on any atom is -0.508 e. The second-order valence-electron chi connectivity index (χ2n) is 8.93. The van der Waals surface area contributed by atoms with Crippen molar-refractivity contribution in [3.63, 3.8) is 0 Å². The van der Waals surface area contributed by atoms with Crippen LogP contribution in [-0.4, -0.2) is 38.1 Å². The second kappa shape index (κ2) is 8.26. The average molecular weight is 453 g/mol. The maximum absolute atomic E-state index is 13.6. The van der Waals surface area contributed by atoms with Crippen LogP contribution in [0.25, 0.3) is 10.2 Å². The molecule has 5 rings (SSSR count). The van der Waals surface area contributed by atoms with Crippen LogP contribution in [0, 0.1) is 0 Å². The van der Waals surface area contributed by atoms with Gasteiger partial charge in [-0.3, -0.25) is 15.3 Å². The Bertz CT molecular complexity index is 1140. The van der Waals surface area contributed by atoms with E-state index in [1.54, 1.807) is 35.6 Å². The maximum Gasteiger partial charge on any atom is 0.272 e. The third-order valence-corrected chi connectivity index (χ3v) is 7.58. The number of amides is 2. The number of rotatable bonds is 4. The lowest BCUT2D eigenvalue weighted by Crippen LogP contribution is -2.71. The van der Waals surface area contributed by atoms with E-state index in [0.29, 0.717) is 5.69 Å². The molecule has 2 aliphatic rings. The zero-order valence-corrected chi connectivity index (χ0v) is 18.7. The van der Waals surface area contributed by atoms with Gasteiger partial charge in [0, 0.05) is 12.6 Å². The average Bonchev–Trinajstić information content (AvgIpc) is 3.27. The first-order valence-corrected chi connectivity index (χ1v) is 12.1. The lowest BCUT2D eigenvalue weighted by atomic mass is 10.0. The van der Waals surface area contributed by atoms with Gasteiger partial charge in [0.2, 0.25) is 0 Å². The van der Waals surface area contributed by atoms with E-state index in [4.69, 9.17) is 5.73 Å². The highest BCUT2D eigenvalue weighted by atomic mass is 32.1. The predicted molar refractivity (Wildman–Crippen MR) is 124 cm³/mol. The second-order valence-corrected chi connectivity index (χ2v) is 9.88. The summed E-state index contributed by atoms with van der Waals surface area (Å²) in [5, 5.41) is 14.8. The molecule has 2 aromatic heterocycles. The van der Waals surface area contributed by atoms with E-state index in [9.17, 15) is 14.7 Å². The summed E-state index contributed by atoms with van der Waals surface area (Å²) in [6, 6.07) is 10.6. The third kappa shape index (κ3) is 3.67. The van der Waals surface area contributed by atoms with Gasteiger partial charge in [-0.2, -0.15) is 0 Å². The molecule has 0 saturated heterocycles. The number of phenolic OH excluding ortho intramolecular Hbond substituents is 1. The number of nitrogens with two attached hydrogens (primary N) is 1. The lowest BCUT2D eigenvalue weighted by molar-refractivity contribution is -0.134. The third-order valence-electron chi connectivity index (χ3n) is 6.73. The van der Waals surface area contributed by atoms with Crippen molar-refractivity contribution in [1.82, 2.24) is 14.8 Å². The fourth-order valence-electron chi connectivity index (χ4n) is 4.90. The number of carbonyl (C=O) groups is 2. The van der Waals surface area contributed by atoms with E-state index in [-0.39, 0.29) is 36.7 Å². The van der Waals surface area contributed by atoms with Crippen molar-refractivity contribution in [3.8, 4) is 5.75 Å². The molecule has 3 heterocycles. The molecule has 4 N–H and O–H groups in total. The van der Waals surface area contributed by atoms with Crippen molar-refractivity contribution >= 4 is 33.4 Å². The van der Waals surface area contributed by atoms with Crippen LogP contribution >= 0.6 is 11.3 Å². The monoisotopic (exact) mass is 452 g/mol. The van der Waals surface area contributed by atoms with Crippen molar-refractivity contribution in [2.24, 2.45) is 5.73 Å². The quantitative estimate of drug-likeness (QED) is 0.527. The summed E-state index contributed by atoms with van der Waals surface area (Å²) in [5.41, 5.74) is 7.60. The first-order chi connectivity index (χ1) is 15.5. The highest BCUT2D eigenvalue weighted by molar-refractivity contribution is 7.17. The number of phenols is 1. The van der Waals surface area contributed by atoms with Crippen LogP contribution in [-0.2, 0) is 17.9 Å². The molecular formula is C24H28N4O3S. The highest BCUT2D eigenvalue weighted by Crippen LogP contribution is 2.33. The summed E-state index contributed by atoms with van der Waals surface area (Å²) >= 11 is 1.57. The molecule has 1 aliphatic carbocycles. The normalized spacial score (nSPS) is 22.0. The fourth-order valence-corrected chi connectivity index (χ4v) is 5.72. The first-order valence-electron chi connectivity index (χ1n) is 11.2. The van der Waals surface area contributed by atoms with Gasteiger partial charge < -0.3 is 19.9 Å². The molecule has 1 saturated carbocycles. The van der Waals surface area contributed by atoms with E-state index in [1.807, 2.05) is 22.1 Å². The molecule has 2 amide bonds. The topological polar surface area (TPSA) is 101 Å². The molecule has 0 bridgehead atoms. The largest absolute Gasteiger partial charge is 0.508 e. The number of hydrogen-bond acceptors (Lipinski definition) is 5. The zero-order valence-electron chi connectivity index (χ0n) is 17.9. The van der Waals surface area contributed by atoms with Crippen LogP contribution in [0.1, 0.15) is 54.6 Å². The van der Waals surface area contributed by atoms with Crippen LogP contribution in [0.5, 0.6) is 5.75 Å². The molecule has 8 heteroatoms. The number of benzene rings is 1. The Morgan fingerprint density at radius 2 is 1.88 bits per heavy atom. The molecule has 0 radical (unpaired) electrons. The van der Waals surface area contributed by atoms with Gasteiger partial charge in [0.05, 0.1) is 16.8 Å². The Balaban J connectivity index is 1.51. The van der Waals surface area contributed by atoms with E-state index >= 15 is 0 Å². The maximum atomic E-state index is 13.6. The summed E-state index contributed by atoms with van der Waals surface area (Å²) in [5.74, 6) is -0.413. The summed E-state index contributed by atoms with van der Waals surface area (Å²) < 4.78 is 2.89. The standard InChI is InChI=1S/C24H28N4O3S/c25-24(23(31)26-17-5-3-1-2-4-6-17)15-27-19-11-12-32-21(19)13-20(27)22(30)28(24)14-16-7-9-18(29)10-8-16/h7-13,17,29H,1-6,14-15,25H2,(H,26,31). The highest BCUT2D eigenvalue weighted by Gasteiger charge is 2.49. The number of fused-ring (bicyclic) bond motifs is 3. The van der Waals surface area contributed by atoms with Gasteiger partial charge in [0.1, 0.15) is 11.4 Å². The van der Waals surface area contributed by atoms with Crippen LogP contribution in [0.15, 0.2) is 41.8 Å². The number of hydrogen-bond donors (Lipinski definition) is 3. The number of thiophene rings is 1. The minimum absolute atomic E-state index is 0.0864.